The fourth-order valence-electron chi connectivity index (χ4n) is 4.44. The van der Waals surface area contributed by atoms with Crippen molar-refractivity contribution < 1.29 is 18.7 Å². The van der Waals surface area contributed by atoms with Gasteiger partial charge in [-0.15, -0.1) is 0 Å². The third-order valence-corrected chi connectivity index (χ3v) is 6.99. The highest BCUT2D eigenvalue weighted by atomic mass is 32.1. The Morgan fingerprint density at radius 2 is 2.03 bits per heavy atom. The normalized spacial score (nSPS) is 16.2. The number of carboxylic acid groups (broad SMARTS) is 1. The lowest BCUT2D eigenvalue weighted by atomic mass is 9.90. The molecule has 0 spiro atoms. The summed E-state index contributed by atoms with van der Waals surface area (Å²) in [6, 6.07) is 9.24. The Kier molecular flexibility index (Phi) is 4.47. The number of halogens is 2. The molecule has 2 heterocycles. The SMILES string of the molecule is CN(c1nc2ccc(F)cc2s1)C1CCc2c(c3cc(F)ccc3n2CC(=O)O)C1. The molecule has 5 nitrogen and oxygen atoms in total. The summed E-state index contributed by atoms with van der Waals surface area (Å²) in [5.74, 6) is -1.53. The van der Waals surface area contributed by atoms with Crippen LogP contribution < -0.4 is 4.90 Å². The molecule has 0 saturated carbocycles. The molecule has 0 radical (unpaired) electrons. The summed E-state index contributed by atoms with van der Waals surface area (Å²) in [6.45, 7) is -0.137. The average molecular weight is 427 g/mol. The smallest absolute Gasteiger partial charge is 0.323 e. The fraction of sp³-hybridized carbons (Fsp3) is 0.273. The summed E-state index contributed by atoms with van der Waals surface area (Å²) >= 11 is 1.45. The summed E-state index contributed by atoms with van der Waals surface area (Å²) in [7, 11) is 1.97. The number of hydrogen-bond acceptors (Lipinski definition) is 4. The van der Waals surface area contributed by atoms with Gasteiger partial charge in [-0.3, -0.25) is 4.79 Å². The lowest BCUT2D eigenvalue weighted by Crippen LogP contribution is -2.36. The number of hydrogen-bond donors (Lipinski definition) is 1. The first-order valence-corrected chi connectivity index (χ1v) is 10.5. The lowest BCUT2D eigenvalue weighted by molar-refractivity contribution is -0.137. The van der Waals surface area contributed by atoms with E-state index in [0.717, 1.165) is 43.9 Å². The van der Waals surface area contributed by atoms with E-state index < -0.39 is 5.97 Å². The molecular formula is C22H19F2N3O2S. The summed E-state index contributed by atoms with van der Waals surface area (Å²) in [5.41, 5.74) is 3.48. The minimum Gasteiger partial charge on any atom is -0.480 e. The van der Waals surface area contributed by atoms with Crippen LogP contribution in [-0.2, 0) is 24.2 Å². The molecule has 0 aliphatic heterocycles. The van der Waals surface area contributed by atoms with Gasteiger partial charge in [0.2, 0.25) is 0 Å². The molecule has 1 unspecified atom stereocenters. The van der Waals surface area contributed by atoms with Gasteiger partial charge in [-0.05, 0) is 61.2 Å². The van der Waals surface area contributed by atoms with Crippen molar-refractivity contribution >= 4 is 43.6 Å². The number of carboxylic acids is 1. The molecule has 154 valence electrons. The van der Waals surface area contributed by atoms with Gasteiger partial charge >= 0.3 is 5.97 Å². The molecule has 1 aliphatic carbocycles. The maximum absolute atomic E-state index is 14.0. The average Bonchev–Trinajstić information content (AvgIpc) is 3.26. The summed E-state index contributed by atoms with van der Waals surface area (Å²) in [4.78, 5) is 18.1. The second-order valence-corrected chi connectivity index (χ2v) is 8.69. The summed E-state index contributed by atoms with van der Waals surface area (Å²) in [6.07, 6.45) is 2.20. The van der Waals surface area contributed by atoms with Gasteiger partial charge in [-0.1, -0.05) is 11.3 Å². The van der Waals surface area contributed by atoms with E-state index in [1.807, 2.05) is 7.05 Å². The number of likely N-dealkylation sites (N-methyl/N-ethyl adjacent to an activating group) is 1. The van der Waals surface area contributed by atoms with Gasteiger partial charge in [0.1, 0.15) is 18.2 Å². The van der Waals surface area contributed by atoms with E-state index in [0.29, 0.717) is 12.8 Å². The van der Waals surface area contributed by atoms with Crippen LogP contribution >= 0.6 is 11.3 Å². The van der Waals surface area contributed by atoms with Crippen molar-refractivity contribution in [3.8, 4) is 0 Å². The van der Waals surface area contributed by atoms with Crippen molar-refractivity contribution in [2.75, 3.05) is 11.9 Å². The Hall–Kier alpha value is -3.00. The highest BCUT2D eigenvalue weighted by Gasteiger charge is 2.29. The van der Waals surface area contributed by atoms with Gasteiger partial charge in [0.05, 0.1) is 10.2 Å². The zero-order valence-electron chi connectivity index (χ0n) is 16.2. The van der Waals surface area contributed by atoms with Crippen LogP contribution in [-0.4, -0.2) is 33.7 Å². The van der Waals surface area contributed by atoms with Crippen LogP contribution in [0.25, 0.3) is 21.1 Å². The molecule has 1 N–H and O–H groups in total. The topological polar surface area (TPSA) is 58.4 Å². The van der Waals surface area contributed by atoms with Crippen LogP contribution in [0.2, 0.25) is 0 Å². The van der Waals surface area contributed by atoms with Crippen LogP contribution in [0.3, 0.4) is 0 Å². The number of aromatic nitrogens is 2. The van der Waals surface area contributed by atoms with Crippen LogP contribution in [0.15, 0.2) is 36.4 Å². The van der Waals surface area contributed by atoms with E-state index in [1.54, 1.807) is 16.7 Å². The van der Waals surface area contributed by atoms with Crippen LogP contribution in [0.5, 0.6) is 0 Å². The van der Waals surface area contributed by atoms with E-state index in [2.05, 4.69) is 9.88 Å². The van der Waals surface area contributed by atoms with Gasteiger partial charge in [-0.25, -0.2) is 13.8 Å². The Morgan fingerprint density at radius 3 is 2.83 bits per heavy atom. The number of carbonyl (C=O) groups is 1. The van der Waals surface area contributed by atoms with Crippen molar-refractivity contribution in [1.82, 2.24) is 9.55 Å². The van der Waals surface area contributed by atoms with Crippen LogP contribution in [0.1, 0.15) is 17.7 Å². The highest BCUT2D eigenvalue weighted by Crippen LogP contribution is 2.37. The molecule has 4 aromatic rings. The van der Waals surface area contributed by atoms with Crippen molar-refractivity contribution in [3.63, 3.8) is 0 Å². The Bertz CT molecular complexity index is 1300. The molecule has 0 fully saturated rings. The number of thiazole rings is 1. The van der Waals surface area contributed by atoms with Gasteiger partial charge < -0.3 is 14.6 Å². The lowest BCUT2D eigenvalue weighted by Gasteiger charge is -2.31. The Labute approximate surface area is 175 Å². The number of fused-ring (bicyclic) bond motifs is 4. The van der Waals surface area contributed by atoms with Gasteiger partial charge in [-0.2, -0.15) is 0 Å². The molecule has 5 rings (SSSR count). The second-order valence-electron chi connectivity index (χ2n) is 7.68. The fourth-order valence-corrected chi connectivity index (χ4v) is 5.47. The zero-order valence-corrected chi connectivity index (χ0v) is 17.0. The van der Waals surface area contributed by atoms with Gasteiger partial charge in [0, 0.05) is 29.7 Å². The molecule has 2 aromatic heterocycles. The van der Waals surface area contributed by atoms with Crippen LogP contribution in [0, 0.1) is 11.6 Å². The monoisotopic (exact) mass is 427 g/mol. The van der Waals surface area contributed by atoms with E-state index >= 15 is 0 Å². The van der Waals surface area contributed by atoms with Crippen molar-refractivity contribution in [2.45, 2.75) is 31.8 Å². The predicted molar refractivity (Wildman–Crippen MR) is 113 cm³/mol. The van der Waals surface area contributed by atoms with E-state index in [9.17, 15) is 18.7 Å². The number of aliphatic carboxylic acids is 1. The molecule has 0 saturated heterocycles. The third kappa shape index (κ3) is 3.11. The number of anilines is 1. The van der Waals surface area contributed by atoms with E-state index in [-0.39, 0.29) is 24.2 Å². The van der Waals surface area contributed by atoms with Crippen molar-refractivity contribution in [2.24, 2.45) is 0 Å². The first kappa shape index (κ1) is 19.0. The molecule has 8 heteroatoms. The number of benzene rings is 2. The molecular weight excluding hydrogens is 408 g/mol. The summed E-state index contributed by atoms with van der Waals surface area (Å²) < 4.78 is 30.1. The van der Waals surface area contributed by atoms with E-state index in [4.69, 9.17) is 0 Å². The number of nitrogens with zero attached hydrogens (tertiary/aromatic N) is 3. The largest absolute Gasteiger partial charge is 0.480 e. The molecule has 0 amide bonds. The third-order valence-electron chi connectivity index (χ3n) is 5.88. The maximum Gasteiger partial charge on any atom is 0.323 e. The number of rotatable bonds is 4. The Balaban J connectivity index is 1.52. The van der Waals surface area contributed by atoms with Crippen molar-refractivity contribution in [3.05, 3.63) is 59.3 Å². The first-order valence-electron chi connectivity index (χ1n) is 9.71. The maximum atomic E-state index is 14.0. The molecule has 1 atom stereocenters. The summed E-state index contributed by atoms with van der Waals surface area (Å²) in [5, 5.41) is 10.9. The zero-order chi connectivity index (χ0) is 21.0. The molecule has 1 aliphatic rings. The molecule has 30 heavy (non-hydrogen) atoms. The molecule has 0 bridgehead atoms. The highest BCUT2D eigenvalue weighted by molar-refractivity contribution is 7.22. The second kappa shape index (κ2) is 7.05. The minimum atomic E-state index is -0.917. The van der Waals surface area contributed by atoms with Gasteiger partial charge in [0.15, 0.2) is 5.13 Å². The van der Waals surface area contributed by atoms with Crippen LogP contribution in [0.4, 0.5) is 13.9 Å². The Morgan fingerprint density at radius 1 is 1.27 bits per heavy atom. The quantitative estimate of drug-likeness (QED) is 0.517. The molecule has 2 aromatic carbocycles. The first-order chi connectivity index (χ1) is 14.4. The van der Waals surface area contributed by atoms with Gasteiger partial charge in [0.25, 0.3) is 0 Å². The predicted octanol–water partition coefficient (Wildman–Crippen LogP) is 4.61. The van der Waals surface area contributed by atoms with Crippen molar-refractivity contribution in [1.29, 1.82) is 0 Å². The standard InChI is InChI=1S/C22H19F2N3O2S/c1-26(22-25-17-5-2-13(24)9-20(17)30-22)14-4-7-19-16(10-14)15-8-12(23)3-6-18(15)27(19)11-21(28)29/h2-3,5-6,8-9,14H,4,7,10-11H2,1H3,(H,28,29). The minimum absolute atomic E-state index is 0.134. The van der Waals surface area contributed by atoms with E-state index in [1.165, 1.54) is 35.6 Å².